The van der Waals surface area contributed by atoms with E-state index in [2.05, 4.69) is 13.8 Å². The maximum atomic E-state index is 5.88. The van der Waals surface area contributed by atoms with Gasteiger partial charge in [-0.1, -0.05) is 19.9 Å². The van der Waals surface area contributed by atoms with Gasteiger partial charge in [-0.3, -0.25) is 0 Å². The van der Waals surface area contributed by atoms with E-state index in [1.807, 2.05) is 24.3 Å². The highest BCUT2D eigenvalue weighted by Crippen LogP contribution is 2.20. The lowest BCUT2D eigenvalue weighted by molar-refractivity contribution is -0.00149. The molecule has 0 aliphatic heterocycles. The minimum absolute atomic E-state index is 0.0804. The molecule has 0 heterocycles. The summed E-state index contributed by atoms with van der Waals surface area (Å²) in [7, 11) is 1.72. The van der Waals surface area contributed by atoms with Crippen LogP contribution in [0.1, 0.15) is 26.7 Å². The first kappa shape index (κ1) is 12.8. The Labute approximate surface area is 97.6 Å². The highest BCUT2D eigenvalue weighted by Gasteiger charge is 2.19. The summed E-state index contributed by atoms with van der Waals surface area (Å²) in [6.45, 7) is 4.19. The van der Waals surface area contributed by atoms with Crippen molar-refractivity contribution in [3.05, 3.63) is 24.3 Å². The molecule has 90 valence electrons. The number of rotatable bonds is 6. The van der Waals surface area contributed by atoms with E-state index in [0.29, 0.717) is 0 Å². The SMILES string of the molecule is CCC(OC)C(CC)Oc1cccc(N)c1. The van der Waals surface area contributed by atoms with Gasteiger partial charge in [0, 0.05) is 18.9 Å². The maximum Gasteiger partial charge on any atom is 0.124 e. The van der Waals surface area contributed by atoms with E-state index in [1.165, 1.54) is 0 Å². The fourth-order valence-corrected chi connectivity index (χ4v) is 1.77. The van der Waals surface area contributed by atoms with Gasteiger partial charge in [-0.05, 0) is 25.0 Å². The number of anilines is 1. The average Bonchev–Trinajstić information content (AvgIpc) is 2.29. The highest BCUT2D eigenvalue weighted by atomic mass is 16.5. The standard InChI is InChI=1S/C13H21NO2/c1-4-12(15-3)13(5-2)16-11-8-6-7-10(14)9-11/h6-9,12-13H,4-5,14H2,1-3H3. The van der Waals surface area contributed by atoms with Crippen molar-refractivity contribution >= 4 is 5.69 Å². The summed E-state index contributed by atoms with van der Waals surface area (Å²) in [6.07, 6.45) is 2.07. The number of ether oxygens (including phenoxy) is 2. The zero-order valence-electron chi connectivity index (χ0n) is 10.3. The van der Waals surface area contributed by atoms with Crippen LogP contribution in [0.5, 0.6) is 5.75 Å². The predicted molar refractivity (Wildman–Crippen MR) is 66.6 cm³/mol. The molecule has 0 amide bonds. The molecule has 0 fully saturated rings. The van der Waals surface area contributed by atoms with Gasteiger partial charge in [0.05, 0.1) is 6.10 Å². The van der Waals surface area contributed by atoms with Crippen LogP contribution >= 0.6 is 0 Å². The van der Waals surface area contributed by atoms with Crippen LogP contribution < -0.4 is 10.5 Å². The Morgan fingerprint density at radius 1 is 1.19 bits per heavy atom. The topological polar surface area (TPSA) is 44.5 Å². The number of methoxy groups -OCH3 is 1. The molecular formula is C13H21NO2. The molecule has 0 radical (unpaired) electrons. The van der Waals surface area contributed by atoms with Crippen molar-refractivity contribution in [3.63, 3.8) is 0 Å². The highest BCUT2D eigenvalue weighted by molar-refractivity contribution is 5.43. The summed E-state index contributed by atoms with van der Waals surface area (Å²) >= 11 is 0. The molecular weight excluding hydrogens is 202 g/mol. The van der Waals surface area contributed by atoms with Crippen molar-refractivity contribution in [1.82, 2.24) is 0 Å². The second kappa shape index (κ2) is 6.38. The van der Waals surface area contributed by atoms with Gasteiger partial charge < -0.3 is 15.2 Å². The van der Waals surface area contributed by atoms with Gasteiger partial charge in [-0.2, -0.15) is 0 Å². The number of hydrogen-bond acceptors (Lipinski definition) is 3. The molecule has 2 N–H and O–H groups in total. The minimum Gasteiger partial charge on any atom is -0.488 e. The Morgan fingerprint density at radius 3 is 2.38 bits per heavy atom. The van der Waals surface area contributed by atoms with Crippen molar-refractivity contribution in [1.29, 1.82) is 0 Å². The fourth-order valence-electron chi connectivity index (χ4n) is 1.77. The van der Waals surface area contributed by atoms with Crippen molar-refractivity contribution in [3.8, 4) is 5.75 Å². The molecule has 0 aliphatic rings. The zero-order valence-corrected chi connectivity index (χ0v) is 10.3. The molecule has 0 bridgehead atoms. The van der Waals surface area contributed by atoms with Gasteiger partial charge in [0.1, 0.15) is 11.9 Å². The van der Waals surface area contributed by atoms with Gasteiger partial charge in [0.15, 0.2) is 0 Å². The molecule has 0 aliphatic carbocycles. The minimum atomic E-state index is 0.0804. The van der Waals surface area contributed by atoms with E-state index < -0.39 is 0 Å². The number of nitrogens with two attached hydrogens (primary N) is 1. The van der Waals surface area contributed by atoms with Crippen LogP contribution in [0.2, 0.25) is 0 Å². The molecule has 0 aromatic heterocycles. The van der Waals surface area contributed by atoms with Gasteiger partial charge in [-0.15, -0.1) is 0 Å². The molecule has 2 atom stereocenters. The van der Waals surface area contributed by atoms with E-state index in [-0.39, 0.29) is 12.2 Å². The Bertz CT molecular complexity index is 311. The van der Waals surface area contributed by atoms with Crippen LogP contribution in [0.15, 0.2) is 24.3 Å². The van der Waals surface area contributed by atoms with Gasteiger partial charge in [0.2, 0.25) is 0 Å². The predicted octanol–water partition coefficient (Wildman–Crippen LogP) is 2.85. The van der Waals surface area contributed by atoms with Crippen LogP contribution in [0.25, 0.3) is 0 Å². The average molecular weight is 223 g/mol. The van der Waals surface area contributed by atoms with Gasteiger partial charge >= 0.3 is 0 Å². The summed E-state index contributed by atoms with van der Waals surface area (Å²) in [5, 5.41) is 0. The lowest BCUT2D eigenvalue weighted by Crippen LogP contribution is -2.32. The van der Waals surface area contributed by atoms with E-state index in [1.54, 1.807) is 7.11 Å². The molecule has 3 heteroatoms. The third-order valence-electron chi connectivity index (χ3n) is 2.67. The van der Waals surface area contributed by atoms with Crippen molar-refractivity contribution in [2.75, 3.05) is 12.8 Å². The lowest BCUT2D eigenvalue weighted by Gasteiger charge is -2.25. The van der Waals surface area contributed by atoms with Crippen LogP contribution in [0, 0.1) is 0 Å². The smallest absolute Gasteiger partial charge is 0.124 e. The molecule has 1 aromatic rings. The van der Waals surface area contributed by atoms with Crippen molar-refractivity contribution < 1.29 is 9.47 Å². The van der Waals surface area contributed by atoms with Crippen LogP contribution in [0.4, 0.5) is 5.69 Å². The van der Waals surface area contributed by atoms with E-state index in [4.69, 9.17) is 15.2 Å². The maximum absolute atomic E-state index is 5.88. The van der Waals surface area contributed by atoms with Crippen LogP contribution in [-0.2, 0) is 4.74 Å². The number of hydrogen-bond donors (Lipinski definition) is 1. The molecule has 1 aromatic carbocycles. The quantitative estimate of drug-likeness (QED) is 0.754. The fraction of sp³-hybridized carbons (Fsp3) is 0.538. The zero-order chi connectivity index (χ0) is 12.0. The summed E-state index contributed by atoms with van der Waals surface area (Å²) in [5.74, 6) is 0.808. The molecule has 2 unspecified atom stereocenters. The Balaban J connectivity index is 2.69. The normalized spacial score (nSPS) is 14.4. The summed E-state index contributed by atoms with van der Waals surface area (Å²) < 4.78 is 11.3. The first-order valence-corrected chi connectivity index (χ1v) is 5.76. The summed E-state index contributed by atoms with van der Waals surface area (Å²) in [4.78, 5) is 0. The third-order valence-corrected chi connectivity index (χ3v) is 2.67. The van der Waals surface area contributed by atoms with E-state index >= 15 is 0 Å². The molecule has 0 saturated carbocycles. The van der Waals surface area contributed by atoms with Crippen molar-refractivity contribution in [2.45, 2.75) is 38.9 Å². The molecule has 1 rings (SSSR count). The second-order valence-corrected chi connectivity index (χ2v) is 3.82. The second-order valence-electron chi connectivity index (χ2n) is 3.82. The van der Waals surface area contributed by atoms with Gasteiger partial charge in [-0.25, -0.2) is 0 Å². The number of benzene rings is 1. The Morgan fingerprint density at radius 2 is 1.88 bits per heavy atom. The van der Waals surface area contributed by atoms with E-state index in [9.17, 15) is 0 Å². The summed E-state index contributed by atoms with van der Waals surface area (Å²) in [6, 6.07) is 7.50. The number of nitrogen functional groups attached to an aromatic ring is 1. The first-order valence-electron chi connectivity index (χ1n) is 5.76. The van der Waals surface area contributed by atoms with Gasteiger partial charge in [0.25, 0.3) is 0 Å². The Hall–Kier alpha value is -1.22. The lowest BCUT2D eigenvalue weighted by atomic mass is 10.1. The van der Waals surface area contributed by atoms with Crippen LogP contribution in [0.3, 0.4) is 0 Å². The molecule has 3 nitrogen and oxygen atoms in total. The monoisotopic (exact) mass is 223 g/mol. The largest absolute Gasteiger partial charge is 0.488 e. The molecule has 16 heavy (non-hydrogen) atoms. The van der Waals surface area contributed by atoms with Crippen LogP contribution in [-0.4, -0.2) is 19.3 Å². The molecule has 0 saturated heterocycles. The van der Waals surface area contributed by atoms with E-state index in [0.717, 1.165) is 24.3 Å². The molecule has 0 spiro atoms. The third kappa shape index (κ3) is 3.42. The Kier molecular flexibility index (Phi) is 5.12. The first-order chi connectivity index (χ1) is 7.71. The van der Waals surface area contributed by atoms with Crippen molar-refractivity contribution in [2.24, 2.45) is 0 Å². The summed E-state index contributed by atoms with van der Waals surface area (Å²) in [5.41, 5.74) is 6.43.